The van der Waals surface area contributed by atoms with Crippen molar-refractivity contribution in [2.24, 2.45) is 5.92 Å². The third-order valence-corrected chi connectivity index (χ3v) is 10.2. The molecule has 1 unspecified atom stereocenters. The Morgan fingerprint density at radius 2 is 1.81 bits per heavy atom. The van der Waals surface area contributed by atoms with Gasteiger partial charge in [0.05, 0.1) is 29.6 Å². The van der Waals surface area contributed by atoms with Crippen LogP contribution in [0, 0.1) is 12.8 Å². The van der Waals surface area contributed by atoms with Gasteiger partial charge >= 0.3 is 6.09 Å². The summed E-state index contributed by atoms with van der Waals surface area (Å²) < 4.78 is 15.1. The lowest BCUT2D eigenvalue weighted by molar-refractivity contribution is -0.136. The molecule has 1 aliphatic carbocycles. The summed E-state index contributed by atoms with van der Waals surface area (Å²) in [6, 6.07) is 5.73. The third-order valence-electron chi connectivity index (χ3n) is 10.2. The number of piperidine rings is 2. The van der Waals surface area contributed by atoms with Crippen molar-refractivity contribution in [2.45, 2.75) is 64.0 Å². The summed E-state index contributed by atoms with van der Waals surface area (Å²) in [6.45, 7) is 5.25. The number of aromatic nitrogens is 4. The van der Waals surface area contributed by atoms with E-state index in [0.29, 0.717) is 56.3 Å². The van der Waals surface area contributed by atoms with Crippen molar-refractivity contribution in [1.29, 1.82) is 0 Å². The summed E-state index contributed by atoms with van der Waals surface area (Å²) >= 11 is 0. The maximum Gasteiger partial charge on any atom is 0.404 e. The number of carbonyl (C=O) groups is 3. The Labute approximate surface area is 278 Å². The molecule has 13 nitrogen and oxygen atoms in total. The number of carbonyl (C=O) groups excluding carboxylic acids is 2. The quantitative estimate of drug-likeness (QED) is 0.271. The first-order chi connectivity index (χ1) is 23.2. The van der Waals surface area contributed by atoms with Gasteiger partial charge in [-0.3, -0.25) is 14.6 Å². The molecule has 0 radical (unpaired) electrons. The summed E-state index contributed by atoms with van der Waals surface area (Å²) in [5.41, 5.74) is 6.22. The summed E-state index contributed by atoms with van der Waals surface area (Å²) in [5, 5.41) is 17.9. The summed E-state index contributed by atoms with van der Waals surface area (Å²) in [7, 11) is 3.15. The summed E-state index contributed by atoms with van der Waals surface area (Å²) in [4.78, 5) is 45.9. The highest BCUT2D eigenvalue weighted by Crippen LogP contribution is 2.41. The van der Waals surface area contributed by atoms with Crippen molar-refractivity contribution < 1.29 is 29.0 Å². The topological polar surface area (TPSA) is 144 Å². The van der Waals surface area contributed by atoms with Gasteiger partial charge in [-0.15, -0.1) is 0 Å². The van der Waals surface area contributed by atoms with Crippen LogP contribution in [0.15, 0.2) is 30.6 Å². The molecular weight excluding hydrogens is 614 g/mol. The number of nitrogens with one attached hydrogen (secondary N) is 1. The average molecular weight is 658 g/mol. The lowest BCUT2D eigenvalue weighted by Gasteiger charge is -2.32. The molecule has 2 saturated heterocycles. The minimum absolute atomic E-state index is 0.0273. The summed E-state index contributed by atoms with van der Waals surface area (Å²) in [5.74, 6) is 1.23. The number of ether oxygens (including phenoxy) is 2. The van der Waals surface area contributed by atoms with Crippen LogP contribution in [0.25, 0.3) is 27.8 Å². The Hall–Kier alpha value is -4.65. The molecule has 3 aliphatic rings. The fourth-order valence-corrected chi connectivity index (χ4v) is 7.54. The zero-order chi connectivity index (χ0) is 33.5. The van der Waals surface area contributed by atoms with Crippen molar-refractivity contribution >= 4 is 34.3 Å². The predicted octanol–water partition coefficient (Wildman–Crippen LogP) is 4.30. The third kappa shape index (κ3) is 6.07. The molecule has 6 heterocycles. The molecule has 7 rings (SSSR count). The number of likely N-dealkylation sites (tertiary alicyclic amines) is 2. The number of carboxylic acid groups (broad SMARTS) is 1. The Morgan fingerprint density at radius 1 is 1.02 bits per heavy atom. The van der Waals surface area contributed by atoms with Crippen molar-refractivity contribution in [2.75, 3.05) is 47.0 Å². The van der Waals surface area contributed by atoms with Gasteiger partial charge in [-0.25, -0.2) is 9.31 Å². The van der Waals surface area contributed by atoms with Gasteiger partial charge < -0.3 is 34.3 Å². The van der Waals surface area contributed by atoms with Crippen molar-refractivity contribution in [3.8, 4) is 17.1 Å². The van der Waals surface area contributed by atoms with Crippen LogP contribution in [-0.2, 0) is 16.1 Å². The lowest BCUT2D eigenvalue weighted by atomic mass is 9.92. The summed E-state index contributed by atoms with van der Waals surface area (Å²) in [6.07, 6.45) is 8.04. The minimum Gasteiger partial charge on any atom is -0.494 e. The second-order valence-corrected chi connectivity index (χ2v) is 13.4. The monoisotopic (exact) mass is 657 g/mol. The van der Waals surface area contributed by atoms with Crippen LogP contribution in [0.2, 0.25) is 0 Å². The van der Waals surface area contributed by atoms with Gasteiger partial charge in [-0.1, -0.05) is 0 Å². The molecule has 4 aromatic rings. The van der Waals surface area contributed by atoms with Gasteiger partial charge in [0.15, 0.2) is 0 Å². The Kier molecular flexibility index (Phi) is 8.71. The molecular formula is C35H43N7O6. The van der Waals surface area contributed by atoms with Crippen molar-refractivity contribution in [3.05, 3.63) is 47.4 Å². The Morgan fingerprint density at radius 3 is 2.52 bits per heavy atom. The SMILES string of the molecule is COCC(=O)N1CCC(c2nccc3cc(-c4nn5cc(C(=O)N6CCCC(NC(=O)O)C6)cc(OC)c5c4C)n(CC4CC4)c23)CC1. The van der Waals surface area contributed by atoms with E-state index in [9.17, 15) is 19.5 Å². The van der Waals surface area contributed by atoms with Crippen LogP contribution in [0.3, 0.4) is 0 Å². The van der Waals surface area contributed by atoms with Crippen LogP contribution in [0.5, 0.6) is 5.75 Å². The largest absolute Gasteiger partial charge is 0.494 e. The Balaban J connectivity index is 1.25. The van der Waals surface area contributed by atoms with E-state index in [1.165, 1.54) is 12.8 Å². The number of aryl methyl sites for hydroxylation is 1. The van der Waals surface area contributed by atoms with Crippen LogP contribution >= 0.6 is 0 Å². The first-order valence-electron chi connectivity index (χ1n) is 16.9. The van der Waals surface area contributed by atoms with E-state index in [0.717, 1.165) is 58.5 Å². The normalized spacial score (nSPS) is 18.9. The van der Waals surface area contributed by atoms with E-state index in [4.69, 9.17) is 19.6 Å². The molecule has 0 aromatic carbocycles. The molecule has 1 atom stereocenters. The Bertz CT molecular complexity index is 1870. The standard InChI is InChI=1S/C35H43N7O6/c1-21-30(38-42-18-25(16-28(48-3)32(21)42)34(44)40-12-4-5-26(19-40)37-35(45)46)27-15-24-8-11-36-31(33(24)41(27)17-22-6-7-22)23-9-13-39(14-10-23)29(43)20-47-2/h8,11,15-16,18,22-23,26,37H,4-7,9-10,12-14,17,19-20H2,1-3H3,(H,45,46). The first-order valence-corrected chi connectivity index (χ1v) is 16.9. The van der Waals surface area contributed by atoms with Gasteiger partial charge in [0, 0.05) is 75.1 Å². The van der Waals surface area contributed by atoms with Gasteiger partial charge in [-0.05, 0) is 69.6 Å². The maximum atomic E-state index is 13.7. The zero-order valence-corrected chi connectivity index (χ0v) is 27.8. The number of methoxy groups -OCH3 is 2. The van der Waals surface area contributed by atoms with Crippen molar-refractivity contribution in [1.82, 2.24) is 34.3 Å². The van der Waals surface area contributed by atoms with E-state index in [1.807, 2.05) is 18.0 Å². The minimum atomic E-state index is -1.08. The molecule has 48 heavy (non-hydrogen) atoms. The van der Waals surface area contributed by atoms with E-state index in [-0.39, 0.29) is 30.4 Å². The highest BCUT2D eigenvalue weighted by Gasteiger charge is 2.32. The second kappa shape index (κ2) is 13.1. The molecule has 1 saturated carbocycles. The number of hydrogen-bond acceptors (Lipinski definition) is 7. The van der Waals surface area contributed by atoms with Gasteiger partial charge in [0.25, 0.3) is 5.91 Å². The van der Waals surface area contributed by atoms with Crippen LogP contribution in [0.1, 0.15) is 66.1 Å². The number of hydrogen-bond donors (Lipinski definition) is 2. The maximum absolute atomic E-state index is 13.7. The number of pyridine rings is 2. The van der Waals surface area contributed by atoms with E-state index in [1.54, 1.807) is 35.9 Å². The second-order valence-electron chi connectivity index (χ2n) is 13.4. The van der Waals surface area contributed by atoms with Crippen LogP contribution in [0.4, 0.5) is 4.79 Å². The highest BCUT2D eigenvalue weighted by atomic mass is 16.5. The van der Waals surface area contributed by atoms with Crippen LogP contribution < -0.4 is 10.1 Å². The number of nitrogens with zero attached hydrogens (tertiary/aromatic N) is 6. The van der Waals surface area contributed by atoms with E-state index in [2.05, 4.69) is 22.0 Å². The molecule has 2 N–H and O–H groups in total. The fraction of sp³-hybridized carbons (Fsp3) is 0.514. The van der Waals surface area contributed by atoms with Gasteiger partial charge in [-0.2, -0.15) is 5.10 Å². The zero-order valence-electron chi connectivity index (χ0n) is 27.8. The van der Waals surface area contributed by atoms with Crippen molar-refractivity contribution in [3.63, 3.8) is 0 Å². The molecule has 0 bridgehead atoms. The number of fused-ring (bicyclic) bond motifs is 2. The molecule has 2 aliphatic heterocycles. The van der Waals surface area contributed by atoms with E-state index < -0.39 is 6.09 Å². The highest BCUT2D eigenvalue weighted by molar-refractivity contribution is 5.96. The van der Waals surface area contributed by atoms with Gasteiger partial charge in [0.1, 0.15) is 23.6 Å². The first kappa shape index (κ1) is 31.9. The molecule has 0 spiro atoms. The number of amides is 3. The molecule has 3 amide bonds. The average Bonchev–Trinajstić information content (AvgIpc) is 3.75. The fourth-order valence-electron chi connectivity index (χ4n) is 7.54. The van der Waals surface area contributed by atoms with Gasteiger partial charge in [0.2, 0.25) is 5.91 Å². The molecule has 3 fully saturated rings. The smallest absolute Gasteiger partial charge is 0.404 e. The lowest BCUT2D eigenvalue weighted by Crippen LogP contribution is -2.49. The molecule has 4 aromatic heterocycles. The van der Waals surface area contributed by atoms with E-state index >= 15 is 0 Å². The predicted molar refractivity (Wildman–Crippen MR) is 178 cm³/mol. The molecule has 254 valence electrons. The van der Waals surface area contributed by atoms with Crippen LogP contribution in [-0.4, -0.2) is 105 Å². The number of rotatable bonds is 9. The molecule has 13 heteroatoms.